The molecule has 0 unspecified atom stereocenters. The van der Waals surface area contributed by atoms with Crippen LogP contribution in [0.3, 0.4) is 0 Å². The average molecular weight is 250 g/mol. The molecule has 0 aliphatic rings. The third-order valence-corrected chi connectivity index (χ3v) is 2.43. The summed E-state index contributed by atoms with van der Waals surface area (Å²) in [5.74, 6) is 0.396. The average Bonchev–Trinajstić information content (AvgIpc) is 2.36. The first-order valence-electron chi connectivity index (χ1n) is 5.25. The Morgan fingerprint density at radius 3 is 3.06 bits per heavy atom. The van der Waals surface area contributed by atoms with Crippen LogP contribution in [0, 0.1) is 0 Å². The molecule has 0 atom stereocenters. The third-order valence-electron chi connectivity index (χ3n) is 2.24. The van der Waals surface area contributed by atoms with Gasteiger partial charge in [-0.25, -0.2) is 4.79 Å². The molecule has 0 spiro atoms. The quantitative estimate of drug-likeness (QED) is 0.822. The van der Waals surface area contributed by atoms with Crippen molar-refractivity contribution in [2.75, 3.05) is 17.7 Å². The van der Waals surface area contributed by atoms with Crippen LogP contribution in [0.25, 0.3) is 10.9 Å². The minimum Gasteiger partial charge on any atom is -0.337 e. The fourth-order valence-electron chi connectivity index (χ4n) is 1.48. The molecule has 1 aromatic heterocycles. The van der Waals surface area contributed by atoms with Crippen LogP contribution in [0.15, 0.2) is 36.5 Å². The molecule has 1 aromatic carbocycles. The summed E-state index contributed by atoms with van der Waals surface area (Å²) >= 11 is 5.47. The molecule has 2 N–H and O–H groups in total. The lowest BCUT2D eigenvalue weighted by molar-refractivity contribution is 0.252. The molecule has 5 heteroatoms. The van der Waals surface area contributed by atoms with Gasteiger partial charge in [-0.1, -0.05) is 12.1 Å². The zero-order valence-electron chi connectivity index (χ0n) is 9.11. The Kier molecular flexibility index (Phi) is 3.77. The van der Waals surface area contributed by atoms with Gasteiger partial charge in [-0.2, -0.15) is 0 Å². The highest BCUT2D eigenvalue weighted by Crippen LogP contribution is 2.16. The molecule has 0 saturated heterocycles. The smallest absolute Gasteiger partial charge is 0.319 e. The van der Waals surface area contributed by atoms with Crippen LogP contribution < -0.4 is 10.6 Å². The molecule has 2 aromatic rings. The standard InChI is InChI=1S/C12H12ClN3O/c13-5-7-15-12(17)16-10-4-3-9-2-1-6-14-11(9)8-10/h1-4,6,8H,5,7H2,(H2,15,16,17). The van der Waals surface area contributed by atoms with E-state index < -0.39 is 0 Å². The van der Waals surface area contributed by atoms with Gasteiger partial charge in [-0.05, 0) is 18.2 Å². The number of nitrogens with zero attached hydrogens (tertiary/aromatic N) is 1. The summed E-state index contributed by atoms with van der Waals surface area (Å²) < 4.78 is 0. The number of halogens is 1. The largest absolute Gasteiger partial charge is 0.337 e. The third kappa shape index (κ3) is 3.07. The van der Waals surface area contributed by atoms with Crippen LogP contribution in [0.4, 0.5) is 10.5 Å². The topological polar surface area (TPSA) is 54.0 Å². The van der Waals surface area contributed by atoms with Crippen molar-refractivity contribution in [3.05, 3.63) is 36.5 Å². The fraction of sp³-hybridized carbons (Fsp3) is 0.167. The highest BCUT2D eigenvalue weighted by molar-refractivity contribution is 6.18. The monoisotopic (exact) mass is 249 g/mol. The minimum atomic E-state index is -0.263. The van der Waals surface area contributed by atoms with Crippen molar-refractivity contribution in [2.45, 2.75) is 0 Å². The molecule has 88 valence electrons. The number of benzene rings is 1. The van der Waals surface area contributed by atoms with E-state index in [0.717, 1.165) is 10.9 Å². The summed E-state index contributed by atoms with van der Waals surface area (Å²) in [5, 5.41) is 6.39. The van der Waals surface area contributed by atoms with Gasteiger partial charge in [-0.15, -0.1) is 11.6 Å². The lowest BCUT2D eigenvalue weighted by Gasteiger charge is -2.06. The van der Waals surface area contributed by atoms with Gasteiger partial charge in [0.05, 0.1) is 5.52 Å². The molecule has 0 radical (unpaired) electrons. The summed E-state index contributed by atoms with van der Waals surface area (Å²) in [6.45, 7) is 0.444. The molecule has 0 aliphatic heterocycles. The van der Waals surface area contributed by atoms with E-state index in [2.05, 4.69) is 15.6 Å². The number of fused-ring (bicyclic) bond motifs is 1. The van der Waals surface area contributed by atoms with Crippen LogP contribution in [0.5, 0.6) is 0 Å². The summed E-state index contributed by atoms with van der Waals surface area (Å²) in [4.78, 5) is 15.6. The zero-order valence-corrected chi connectivity index (χ0v) is 9.87. The molecule has 0 bridgehead atoms. The van der Waals surface area contributed by atoms with E-state index in [9.17, 15) is 4.79 Å². The van der Waals surface area contributed by atoms with E-state index in [0.29, 0.717) is 18.1 Å². The van der Waals surface area contributed by atoms with Gasteiger partial charge in [-0.3, -0.25) is 4.98 Å². The second-order valence-corrected chi connectivity index (χ2v) is 3.86. The van der Waals surface area contributed by atoms with E-state index >= 15 is 0 Å². The van der Waals surface area contributed by atoms with Gasteiger partial charge >= 0.3 is 6.03 Å². The van der Waals surface area contributed by atoms with Crippen molar-refractivity contribution in [3.8, 4) is 0 Å². The predicted octanol–water partition coefficient (Wildman–Crippen LogP) is 2.60. The van der Waals surface area contributed by atoms with E-state index in [1.54, 1.807) is 6.20 Å². The molecular formula is C12H12ClN3O. The Morgan fingerprint density at radius 1 is 1.35 bits per heavy atom. The number of urea groups is 1. The number of nitrogens with one attached hydrogen (secondary N) is 2. The van der Waals surface area contributed by atoms with E-state index in [1.165, 1.54) is 0 Å². The van der Waals surface area contributed by atoms with Gasteiger partial charge in [0.25, 0.3) is 0 Å². The van der Waals surface area contributed by atoms with Crippen molar-refractivity contribution in [3.63, 3.8) is 0 Å². The Balaban J connectivity index is 2.11. The highest BCUT2D eigenvalue weighted by Gasteiger charge is 2.01. The maximum Gasteiger partial charge on any atom is 0.319 e. The van der Waals surface area contributed by atoms with Gasteiger partial charge < -0.3 is 10.6 Å². The minimum absolute atomic E-state index is 0.263. The first kappa shape index (κ1) is 11.7. The number of hydrogen-bond acceptors (Lipinski definition) is 2. The highest BCUT2D eigenvalue weighted by atomic mass is 35.5. The number of amides is 2. The maximum absolute atomic E-state index is 11.4. The van der Waals surface area contributed by atoms with Crippen LogP contribution in [-0.2, 0) is 0 Å². The molecule has 0 fully saturated rings. The number of alkyl halides is 1. The molecular weight excluding hydrogens is 238 g/mol. The zero-order chi connectivity index (χ0) is 12.1. The Bertz CT molecular complexity index is 530. The van der Waals surface area contributed by atoms with Gasteiger partial charge in [0.2, 0.25) is 0 Å². The molecule has 0 saturated carbocycles. The van der Waals surface area contributed by atoms with Gasteiger partial charge in [0.1, 0.15) is 0 Å². The fourth-order valence-corrected chi connectivity index (χ4v) is 1.57. The molecule has 1 heterocycles. The van der Waals surface area contributed by atoms with Crippen molar-refractivity contribution in [1.82, 2.24) is 10.3 Å². The predicted molar refractivity (Wildman–Crippen MR) is 69.5 cm³/mol. The van der Waals surface area contributed by atoms with E-state index in [4.69, 9.17) is 11.6 Å². The molecule has 2 rings (SSSR count). The summed E-state index contributed by atoms with van der Waals surface area (Å²) in [6.07, 6.45) is 1.72. The Morgan fingerprint density at radius 2 is 2.24 bits per heavy atom. The molecule has 0 aliphatic carbocycles. The number of rotatable bonds is 3. The number of hydrogen-bond donors (Lipinski definition) is 2. The van der Waals surface area contributed by atoms with Crippen molar-refractivity contribution in [2.24, 2.45) is 0 Å². The first-order chi connectivity index (χ1) is 8.29. The van der Waals surface area contributed by atoms with Gasteiger partial charge in [0, 0.05) is 29.7 Å². The van der Waals surface area contributed by atoms with Crippen LogP contribution in [-0.4, -0.2) is 23.4 Å². The Hall–Kier alpha value is -1.81. The number of carbonyl (C=O) groups excluding carboxylic acids is 1. The second kappa shape index (κ2) is 5.50. The lowest BCUT2D eigenvalue weighted by Crippen LogP contribution is -2.30. The van der Waals surface area contributed by atoms with Crippen LogP contribution >= 0.6 is 11.6 Å². The van der Waals surface area contributed by atoms with Crippen LogP contribution in [0.1, 0.15) is 0 Å². The van der Waals surface area contributed by atoms with E-state index in [-0.39, 0.29) is 6.03 Å². The van der Waals surface area contributed by atoms with Crippen molar-refractivity contribution >= 4 is 34.2 Å². The molecule has 4 nitrogen and oxygen atoms in total. The second-order valence-electron chi connectivity index (χ2n) is 3.48. The number of pyridine rings is 1. The molecule has 2 amide bonds. The maximum atomic E-state index is 11.4. The number of anilines is 1. The number of carbonyl (C=O) groups is 1. The van der Waals surface area contributed by atoms with Gasteiger partial charge in [0.15, 0.2) is 0 Å². The first-order valence-corrected chi connectivity index (χ1v) is 5.78. The lowest BCUT2D eigenvalue weighted by atomic mass is 10.2. The summed E-state index contributed by atoms with van der Waals surface area (Å²) in [6, 6.07) is 9.17. The summed E-state index contributed by atoms with van der Waals surface area (Å²) in [5.41, 5.74) is 1.56. The SMILES string of the molecule is O=C(NCCCl)Nc1ccc2cccnc2c1. The van der Waals surface area contributed by atoms with E-state index in [1.807, 2.05) is 30.3 Å². The van der Waals surface area contributed by atoms with Crippen LogP contribution in [0.2, 0.25) is 0 Å². The Labute approximate surface area is 104 Å². The number of aromatic nitrogens is 1. The molecule has 17 heavy (non-hydrogen) atoms. The summed E-state index contributed by atoms with van der Waals surface area (Å²) in [7, 11) is 0. The van der Waals surface area contributed by atoms with Crippen molar-refractivity contribution < 1.29 is 4.79 Å². The van der Waals surface area contributed by atoms with Crippen molar-refractivity contribution in [1.29, 1.82) is 0 Å². The normalized spacial score (nSPS) is 10.2.